The standard InChI is InChI=1S/C22H28N4O4/c27-15-20-19(26-22(29)13-17-3-1-2-9-24-17)5-4-18(30-20)14-21(28)25-12-8-16-6-10-23-11-7-16/h1-3,6-7,9-11,18-20,27H,4-5,8,12-15H2,(H,25,28)(H,26,29)/t18-,19+,20-/m1/s1. The summed E-state index contributed by atoms with van der Waals surface area (Å²) in [5.41, 5.74) is 1.80. The number of aliphatic hydroxyl groups is 1. The van der Waals surface area contributed by atoms with Gasteiger partial charge in [0, 0.05) is 30.8 Å². The molecule has 1 aliphatic rings. The first-order valence-corrected chi connectivity index (χ1v) is 10.2. The number of amides is 2. The summed E-state index contributed by atoms with van der Waals surface area (Å²) in [5, 5.41) is 15.5. The summed E-state index contributed by atoms with van der Waals surface area (Å²) in [6.07, 6.45) is 6.75. The van der Waals surface area contributed by atoms with Crippen molar-refractivity contribution in [3.63, 3.8) is 0 Å². The lowest BCUT2D eigenvalue weighted by Crippen LogP contribution is -2.51. The van der Waals surface area contributed by atoms with Crippen LogP contribution in [0.4, 0.5) is 0 Å². The Morgan fingerprint density at radius 2 is 1.93 bits per heavy atom. The van der Waals surface area contributed by atoms with Gasteiger partial charge in [0.2, 0.25) is 11.8 Å². The molecule has 2 aromatic rings. The summed E-state index contributed by atoms with van der Waals surface area (Å²) in [6.45, 7) is 0.333. The van der Waals surface area contributed by atoms with E-state index in [0.717, 1.165) is 12.0 Å². The zero-order valence-electron chi connectivity index (χ0n) is 16.9. The fourth-order valence-electron chi connectivity index (χ4n) is 3.55. The molecule has 160 valence electrons. The van der Waals surface area contributed by atoms with Gasteiger partial charge in [0.1, 0.15) is 6.10 Å². The molecule has 1 fully saturated rings. The highest BCUT2D eigenvalue weighted by molar-refractivity contribution is 5.78. The molecule has 30 heavy (non-hydrogen) atoms. The lowest BCUT2D eigenvalue weighted by atomic mass is 9.96. The van der Waals surface area contributed by atoms with E-state index in [0.29, 0.717) is 25.1 Å². The highest BCUT2D eigenvalue weighted by Gasteiger charge is 2.32. The van der Waals surface area contributed by atoms with Crippen molar-refractivity contribution < 1.29 is 19.4 Å². The number of hydrogen-bond donors (Lipinski definition) is 3. The Kier molecular flexibility index (Phi) is 8.29. The Morgan fingerprint density at radius 3 is 2.67 bits per heavy atom. The lowest BCUT2D eigenvalue weighted by Gasteiger charge is -2.36. The van der Waals surface area contributed by atoms with Crippen molar-refractivity contribution in [2.24, 2.45) is 0 Å². The van der Waals surface area contributed by atoms with E-state index >= 15 is 0 Å². The minimum Gasteiger partial charge on any atom is -0.394 e. The number of nitrogens with one attached hydrogen (secondary N) is 2. The van der Waals surface area contributed by atoms with Crippen LogP contribution < -0.4 is 10.6 Å². The predicted molar refractivity (Wildman–Crippen MR) is 110 cm³/mol. The highest BCUT2D eigenvalue weighted by atomic mass is 16.5. The molecule has 3 N–H and O–H groups in total. The second-order valence-electron chi connectivity index (χ2n) is 7.39. The summed E-state index contributed by atoms with van der Waals surface area (Å²) in [5.74, 6) is -0.239. The molecule has 0 aliphatic carbocycles. The van der Waals surface area contributed by atoms with Gasteiger partial charge in [-0.2, -0.15) is 0 Å². The molecule has 2 amide bonds. The zero-order chi connectivity index (χ0) is 21.2. The maximum absolute atomic E-state index is 12.3. The topological polar surface area (TPSA) is 113 Å². The van der Waals surface area contributed by atoms with Crippen molar-refractivity contribution in [2.45, 2.75) is 50.4 Å². The molecular formula is C22H28N4O4. The van der Waals surface area contributed by atoms with Gasteiger partial charge >= 0.3 is 0 Å². The minimum atomic E-state index is -0.527. The van der Waals surface area contributed by atoms with Crippen LogP contribution in [-0.4, -0.2) is 58.3 Å². The second kappa shape index (κ2) is 11.4. The van der Waals surface area contributed by atoms with E-state index in [9.17, 15) is 14.7 Å². The first kappa shape index (κ1) is 21.9. The molecule has 0 bridgehead atoms. The molecule has 3 rings (SSSR count). The highest BCUT2D eigenvalue weighted by Crippen LogP contribution is 2.22. The molecule has 8 nitrogen and oxygen atoms in total. The van der Waals surface area contributed by atoms with Gasteiger partial charge in [-0.15, -0.1) is 0 Å². The number of carbonyl (C=O) groups excluding carboxylic acids is 2. The molecule has 0 aromatic carbocycles. The number of pyridine rings is 2. The van der Waals surface area contributed by atoms with Crippen LogP contribution in [0.25, 0.3) is 0 Å². The molecular weight excluding hydrogens is 384 g/mol. The van der Waals surface area contributed by atoms with E-state index in [4.69, 9.17) is 4.74 Å². The van der Waals surface area contributed by atoms with Crippen molar-refractivity contribution in [3.05, 3.63) is 60.2 Å². The summed E-state index contributed by atoms with van der Waals surface area (Å²) < 4.78 is 5.89. The number of ether oxygens (including phenoxy) is 1. The third kappa shape index (κ3) is 6.89. The Hall–Kier alpha value is -2.84. The normalized spacial score (nSPS) is 21.0. The fraction of sp³-hybridized carbons (Fsp3) is 0.455. The Labute approximate surface area is 176 Å². The van der Waals surface area contributed by atoms with Gasteiger partial charge in [-0.1, -0.05) is 6.07 Å². The number of hydrogen-bond acceptors (Lipinski definition) is 6. The number of rotatable bonds is 9. The molecule has 1 aliphatic heterocycles. The maximum Gasteiger partial charge on any atom is 0.226 e. The predicted octanol–water partition coefficient (Wildman–Crippen LogP) is 0.793. The molecule has 0 spiro atoms. The Balaban J connectivity index is 1.40. The number of nitrogens with zero attached hydrogens (tertiary/aromatic N) is 2. The third-order valence-electron chi connectivity index (χ3n) is 5.11. The van der Waals surface area contributed by atoms with Gasteiger partial charge < -0.3 is 20.5 Å². The number of carbonyl (C=O) groups is 2. The maximum atomic E-state index is 12.3. The largest absolute Gasteiger partial charge is 0.394 e. The fourth-order valence-corrected chi connectivity index (χ4v) is 3.55. The summed E-state index contributed by atoms with van der Waals surface area (Å²) in [7, 11) is 0. The van der Waals surface area contributed by atoms with Crippen LogP contribution in [-0.2, 0) is 27.2 Å². The van der Waals surface area contributed by atoms with Crippen LogP contribution in [0.5, 0.6) is 0 Å². The van der Waals surface area contributed by atoms with Gasteiger partial charge in [0.05, 0.1) is 31.6 Å². The van der Waals surface area contributed by atoms with Crippen molar-refractivity contribution in [2.75, 3.05) is 13.2 Å². The average Bonchev–Trinajstić information content (AvgIpc) is 2.76. The summed E-state index contributed by atoms with van der Waals surface area (Å²) >= 11 is 0. The van der Waals surface area contributed by atoms with Crippen LogP contribution >= 0.6 is 0 Å². The zero-order valence-corrected chi connectivity index (χ0v) is 16.9. The first-order chi connectivity index (χ1) is 14.6. The monoisotopic (exact) mass is 412 g/mol. The van der Waals surface area contributed by atoms with Crippen LogP contribution in [0.15, 0.2) is 48.9 Å². The average molecular weight is 412 g/mol. The number of aromatic nitrogens is 2. The van der Waals surface area contributed by atoms with E-state index in [2.05, 4.69) is 20.6 Å². The van der Waals surface area contributed by atoms with E-state index in [1.807, 2.05) is 18.2 Å². The van der Waals surface area contributed by atoms with Crippen molar-refractivity contribution in [1.82, 2.24) is 20.6 Å². The van der Waals surface area contributed by atoms with Gasteiger partial charge in [-0.25, -0.2) is 0 Å². The number of aliphatic hydroxyl groups excluding tert-OH is 1. The third-order valence-corrected chi connectivity index (χ3v) is 5.11. The first-order valence-electron chi connectivity index (χ1n) is 10.2. The summed E-state index contributed by atoms with van der Waals surface area (Å²) in [4.78, 5) is 32.6. The van der Waals surface area contributed by atoms with E-state index < -0.39 is 6.10 Å². The smallest absolute Gasteiger partial charge is 0.226 e. The van der Waals surface area contributed by atoms with Crippen LogP contribution in [0.2, 0.25) is 0 Å². The van der Waals surface area contributed by atoms with E-state index in [-0.39, 0.29) is 43.4 Å². The van der Waals surface area contributed by atoms with Crippen LogP contribution in [0, 0.1) is 0 Å². The molecule has 0 unspecified atom stereocenters. The van der Waals surface area contributed by atoms with Gasteiger partial charge in [0.25, 0.3) is 0 Å². The summed E-state index contributed by atoms with van der Waals surface area (Å²) in [6, 6.07) is 8.99. The van der Waals surface area contributed by atoms with Crippen LogP contribution in [0.1, 0.15) is 30.5 Å². The second-order valence-corrected chi connectivity index (χ2v) is 7.39. The quantitative estimate of drug-likeness (QED) is 0.561. The van der Waals surface area contributed by atoms with Gasteiger partial charge in [-0.3, -0.25) is 19.6 Å². The van der Waals surface area contributed by atoms with Crippen LogP contribution in [0.3, 0.4) is 0 Å². The molecule has 1 saturated heterocycles. The molecule has 3 atom stereocenters. The molecule has 0 saturated carbocycles. The van der Waals surface area contributed by atoms with Crippen molar-refractivity contribution in [3.8, 4) is 0 Å². The van der Waals surface area contributed by atoms with E-state index in [1.165, 1.54) is 0 Å². The Bertz CT molecular complexity index is 803. The molecule has 3 heterocycles. The molecule has 2 aromatic heterocycles. The van der Waals surface area contributed by atoms with Gasteiger partial charge in [-0.05, 0) is 49.1 Å². The minimum absolute atomic E-state index is 0.0802. The van der Waals surface area contributed by atoms with Crippen molar-refractivity contribution >= 4 is 11.8 Å². The van der Waals surface area contributed by atoms with E-state index in [1.54, 1.807) is 30.7 Å². The lowest BCUT2D eigenvalue weighted by molar-refractivity contribution is -0.135. The Morgan fingerprint density at radius 1 is 1.10 bits per heavy atom. The van der Waals surface area contributed by atoms with Gasteiger partial charge in [0.15, 0.2) is 0 Å². The SMILES string of the molecule is O=C(C[C@H]1CC[C@H](NC(=O)Cc2ccccn2)[C@@H](CO)O1)NCCc1ccncc1. The van der Waals surface area contributed by atoms with Crippen molar-refractivity contribution in [1.29, 1.82) is 0 Å². The molecule has 8 heteroatoms. The molecule has 0 radical (unpaired) electrons.